The fraction of sp³-hybridized carbons (Fsp3) is 0.375. The second-order valence-electron chi connectivity index (χ2n) is 5.52. The number of Topliss-reactive ketones (excluding diaryl/α,β-unsaturated/α-hetero) is 1. The molecule has 7 nitrogen and oxygen atoms in total. The van der Waals surface area contributed by atoms with E-state index in [0.29, 0.717) is 5.57 Å². The minimum atomic E-state index is -1.25. The number of carbonyl (C=O) groups is 2. The second kappa shape index (κ2) is 5.58. The third-order valence-electron chi connectivity index (χ3n) is 4.14. The van der Waals surface area contributed by atoms with Crippen LogP contribution in [0.2, 0.25) is 0 Å². The van der Waals surface area contributed by atoms with Gasteiger partial charge in [-0.05, 0) is 24.6 Å². The Bertz CT molecular complexity index is 694. The summed E-state index contributed by atoms with van der Waals surface area (Å²) in [5.74, 6) is -3.69. The van der Waals surface area contributed by atoms with Gasteiger partial charge in [-0.1, -0.05) is 6.07 Å². The molecule has 122 valence electrons. The van der Waals surface area contributed by atoms with Crippen molar-refractivity contribution in [2.24, 2.45) is 11.8 Å². The highest BCUT2D eigenvalue weighted by Gasteiger charge is 2.52. The molecule has 23 heavy (non-hydrogen) atoms. The largest absolute Gasteiger partial charge is 0.507 e. The predicted molar refractivity (Wildman–Crippen MR) is 76.7 cm³/mol. The van der Waals surface area contributed by atoms with E-state index in [1.165, 1.54) is 31.6 Å². The third kappa shape index (κ3) is 2.33. The average molecular weight is 320 g/mol. The summed E-state index contributed by atoms with van der Waals surface area (Å²) in [6, 6.07) is 4.41. The van der Waals surface area contributed by atoms with Gasteiger partial charge < -0.3 is 24.4 Å². The van der Waals surface area contributed by atoms with Gasteiger partial charge in [0.05, 0.1) is 19.5 Å². The lowest BCUT2D eigenvalue weighted by molar-refractivity contribution is -0.157. The Hall–Kier alpha value is -2.54. The summed E-state index contributed by atoms with van der Waals surface area (Å²) in [6.45, 7) is 1.58. The molecule has 1 aromatic rings. The van der Waals surface area contributed by atoms with Gasteiger partial charge in [-0.25, -0.2) is 0 Å². The molecule has 7 heteroatoms. The number of aliphatic hydroxyl groups is 1. The lowest BCUT2D eigenvalue weighted by Crippen LogP contribution is -2.48. The zero-order valence-electron chi connectivity index (χ0n) is 12.6. The lowest BCUT2D eigenvalue weighted by atomic mass is 9.78. The van der Waals surface area contributed by atoms with Crippen molar-refractivity contribution in [3.05, 3.63) is 35.6 Å². The van der Waals surface area contributed by atoms with Crippen molar-refractivity contribution in [1.82, 2.24) is 0 Å². The summed E-state index contributed by atoms with van der Waals surface area (Å²) in [7, 11) is 1.18. The number of aromatic hydroxyl groups is 1. The number of phenols is 1. The minimum Gasteiger partial charge on any atom is -0.507 e. The number of benzene rings is 1. The number of ether oxygens (including phenoxy) is 3. The Labute approximate surface area is 132 Å². The predicted octanol–water partition coefficient (Wildman–Crippen LogP) is 0.994. The summed E-state index contributed by atoms with van der Waals surface area (Å²) >= 11 is 0. The van der Waals surface area contributed by atoms with Crippen LogP contribution in [0.4, 0.5) is 0 Å². The number of ketones is 1. The number of methoxy groups -OCH3 is 1. The van der Waals surface area contributed by atoms with Gasteiger partial charge in [0.1, 0.15) is 28.9 Å². The van der Waals surface area contributed by atoms with Gasteiger partial charge in [0.2, 0.25) is 0 Å². The first-order valence-electron chi connectivity index (χ1n) is 7.06. The molecule has 0 fully saturated rings. The normalized spacial score (nSPS) is 29.2. The molecule has 0 saturated carbocycles. The van der Waals surface area contributed by atoms with Crippen molar-refractivity contribution in [3.8, 4) is 11.5 Å². The van der Waals surface area contributed by atoms with Crippen LogP contribution < -0.4 is 4.74 Å². The van der Waals surface area contributed by atoms with Gasteiger partial charge >= 0.3 is 5.97 Å². The van der Waals surface area contributed by atoms with Crippen LogP contribution in [0.25, 0.3) is 0 Å². The zero-order chi connectivity index (χ0) is 16.7. The van der Waals surface area contributed by atoms with Gasteiger partial charge in [0.15, 0.2) is 5.78 Å². The van der Waals surface area contributed by atoms with Crippen molar-refractivity contribution in [3.63, 3.8) is 0 Å². The first-order valence-corrected chi connectivity index (χ1v) is 7.06. The van der Waals surface area contributed by atoms with Crippen molar-refractivity contribution in [2.75, 3.05) is 7.11 Å². The van der Waals surface area contributed by atoms with E-state index in [0.717, 1.165) is 0 Å². The maximum atomic E-state index is 12.8. The summed E-state index contributed by atoms with van der Waals surface area (Å²) in [6.07, 6.45) is -1.07. The average Bonchev–Trinajstić information content (AvgIpc) is 2.65. The smallest absolute Gasteiger partial charge is 0.312 e. The van der Waals surface area contributed by atoms with E-state index in [1.807, 2.05) is 0 Å². The van der Waals surface area contributed by atoms with Crippen molar-refractivity contribution >= 4 is 11.8 Å². The molecule has 2 aliphatic heterocycles. The van der Waals surface area contributed by atoms with E-state index in [1.54, 1.807) is 6.92 Å². The number of hydrogen-bond donors (Lipinski definition) is 2. The molecule has 0 radical (unpaired) electrons. The fourth-order valence-corrected chi connectivity index (χ4v) is 2.93. The number of esters is 1. The van der Waals surface area contributed by atoms with Gasteiger partial charge in [0, 0.05) is 0 Å². The molecule has 0 amide bonds. The van der Waals surface area contributed by atoms with Crippen molar-refractivity contribution in [1.29, 1.82) is 0 Å². The fourth-order valence-electron chi connectivity index (χ4n) is 2.93. The molecule has 3 rings (SSSR count). The molecule has 4 atom stereocenters. The van der Waals surface area contributed by atoms with E-state index in [4.69, 9.17) is 14.2 Å². The number of aliphatic hydroxyl groups excluding tert-OH is 1. The topological polar surface area (TPSA) is 102 Å². The van der Waals surface area contributed by atoms with Gasteiger partial charge in [-0.15, -0.1) is 0 Å². The monoisotopic (exact) mass is 320 g/mol. The van der Waals surface area contributed by atoms with Crippen LogP contribution in [0.15, 0.2) is 30.0 Å². The van der Waals surface area contributed by atoms with Gasteiger partial charge in [0.25, 0.3) is 6.29 Å². The van der Waals surface area contributed by atoms with E-state index in [2.05, 4.69) is 0 Å². The van der Waals surface area contributed by atoms with Crippen LogP contribution in [-0.2, 0) is 14.3 Å². The lowest BCUT2D eigenvalue weighted by Gasteiger charge is -2.34. The van der Waals surface area contributed by atoms with Crippen LogP contribution in [-0.4, -0.2) is 41.5 Å². The zero-order valence-corrected chi connectivity index (χ0v) is 12.6. The Balaban J connectivity index is 2.12. The molecule has 4 unspecified atom stereocenters. The van der Waals surface area contributed by atoms with Crippen LogP contribution in [0.5, 0.6) is 11.5 Å². The summed E-state index contributed by atoms with van der Waals surface area (Å²) in [5, 5.41) is 20.3. The molecule has 1 aromatic carbocycles. The Morgan fingerprint density at radius 2 is 2.09 bits per heavy atom. The SMILES string of the molecule is COC(=O)C1C(O)C(C)=COC2Oc3cccc(O)c3C(=O)C21. The molecule has 0 bridgehead atoms. The number of phenolic OH excluding ortho intramolecular Hbond substituents is 1. The highest BCUT2D eigenvalue weighted by atomic mass is 16.7. The van der Waals surface area contributed by atoms with Gasteiger partial charge in [-0.2, -0.15) is 0 Å². The molecule has 0 saturated heterocycles. The van der Waals surface area contributed by atoms with E-state index in [9.17, 15) is 19.8 Å². The molecule has 0 aliphatic carbocycles. The van der Waals surface area contributed by atoms with Crippen LogP contribution in [0.3, 0.4) is 0 Å². The van der Waals surface area contributed by atoms with Gasteiger partial charge in [-0.3, -0.25) is 9.59 Å². The number of hydrogen-bond acceptors (Lipinski definition) is 7. The molecular weight excluding hydrogens is 304 g/mol. The summed E-state index contributed by atoms with van der Waals surface area (Å²) < 4.78 is 15.8. The van der Waals surface area contributed by atoms with Crippen molar-refractivity contribution < 1.29 is 34.0 Å². The maximum Gasteiger partial charge on any atom is 0.312 e. The summed E-state index contributed by atoms with van der Waals surface area (Å²) in [4.78, 5) is 25.0. The molecule has 0 spiro atoms. The standard InChI is InChI=1S/C16H16O7/c1-7-6-22-16-12(11(13(7)18)15(20)21-2)14(19)10-8(17)4-3-5-9(10)23-16/h3-6,11-13,16-18H,1-2H3. The number of rotatable bonds is 1. The molecule has 0 aromatic heterocycles. The Morgan fingerprint density at radius 1 is 1.35 bits per heavy atom. The number of carbonyl (C=O) groups excluding carboxylic acids is 2. The number of fused-ring (bicyclic) bond motifs is 2. The van der Waals surface area contributed by atoms with Crippen LogP contribution >= 0.6 is 0 Å². The van der Waals surface area contributed by atoms with Crippen LogP contribution in [0.1, 0.15) is 17.3 Å². The van der Waals surface area contributed by atoms with Crippen LogP contribution in [0, 0.1) is 11.8 Å². The third-order valence-corrected chi connectivity index (χ3v) is 4.14. The highest BCUT2D eigenvalue weighted by Crippen LogP contribution is 2.42. The van der Waals surface area contributed by atoms with E-state index in [-0.39, 0.29) is 17.1 Å². The first kappa shape index (κ1) is 15.4. The summed E-state index contributed by atoms with van der Waals surface area (Å²) in [5.41, 5.74) is 0.345. The highest BCUT2D eigenvalue weighted by molar-refractivity contribution is 6.05. The van der Waals surface area contributed by atoms with E-state index < -0.39 is 36.0 Å². The van der Waals surface area contributed by atoms with Crippen molar-refractivity contribution in [2.45, 2.75) is 19.3 Å². The molecular formula is C16H16O7. The first-order chi connectivity index (χ1) is 11.0. The van der Waals surface area contributed by atoms with E-state index >= 15 is 0 Å². The molecule has 2 N–H and O–H groups in total. The maximum absolute atomic E-state index is 12.8. The second-order valence-corrected chi connectivity index (χ2v) is 5.52. The Morgan fingerprint density at radius 3 is 2.78 bits per heavy atom. The minimum absolute atomic E-state index is 0.0296. The molecule has 2 aliphatic rings. The Kier molecular flexibility index (Phi) is 3.73. The quantitative estimate of drug-likeness (QED) is 0.744. The molecule has 2 heterocycles.